The molecule has 0 aliphatic carbocycles. The third-order valence-corrected chi connectivity index (χ3v) is 2.76. The molecule has 0 aliphatic heterocycles. The molecule has 1 aromatic carbocycles. The number of carbonyl (C=O) groups excluding carboxylic acids is 2. The molecule has 0 radical (unpaired) electrons. The van der Waals surface area contributed by atoms with Gasteiger partial charge in [-0.3, -0.25) is 9.59 Å². The molecule has 1 rings (SSSR count). The summed E-state index contributed by atoms with van der Waals surface area (Å²) in [6.45, 7) is 7.30. The Kier molecular flexibility index (Phi) is 4.48. The minimum absolute atomic E-state index is 0.00225. The van der Waals surface area contributed by atoms with Crippen LogP contribution in [-0.4, -0.2) is 18.3 Å². The van der Waals surface area contributed by atoms with Crippen molar-refractivity contribution >= 4 is 11.7 Å². The van der Waals surface area contributed by atoms with Crippen molar-refractivity contribution in [1.82, 2.24) is 0 Å². The Hall–Kier alpha value is -1.84. The molecule has 0 bridgehead atoms. The molecule has 0 saturated carbocycles. The Morgan fingerprint density at radius 2 is 1.78 bits per heavy atom. The Bertz CT molecular complexity index is 478. The maximum Gasteiger partial charge on any atom is 0.255 e. The number of ketones is 1. The van der Waals surface area contributed by atoms with E-state index in [2.05, 4.69) is 0 Å². The van der Waals surface area contributed by atoms with Gasteiger partial charge >= 0.3 is 0 Å². The third-order valence-electron chi connectivity index (χ3n) is 2.76. The van der Waals surface area contributed by atoms with E-state index in [1.807, 2.05) is 27.7 Å². The van der Waals surface area contributed by atoms with Gasteiger partial charge in [-0.05, 0) is 37.1 Å². The van der Waals surface area contributed by atoms with E-state index in [1.165, 1.54) is 0 Å². The third kappa shape index (κ3) is 3.32. The Balaban J connectivity index is 3.16. The first kappa shape index (κ1) is 14.2. The van der Waals surface area contributed by atoms with Crippen LogP contribution in [0.15, 0.2) is 12.1 Å². The number of carbonyl (C=O) groups is 2. The molecular formula is C14H19NO3. The SMILES string of the molecule is Cc1cc(OCC(N)=O)c(C(=O)C(C)C)cc1C. The fraction of sp³-hybridized carbons (Fsp3) is 0.429. The summed E-state index contributed by atoms with van der Waals surface area (Å²) in [6, 6.07) is 3.57. The molecule has 0 aromatic heterocycles. The van der Waals surface area contributed by atoms with Gasteiger partial charge < -0.3 is 10.5 Å². The zero-order chi connectivity index (χ0) is 13.9. The van der Waals surface area contributed by atoms with Crippen molar-refractivity contribution in [2.75, 3.05) is 6.61 Å². The van der Waals surface area contributed by atoms with Gasteiger partial charge in [0.25, 0.3) is 5.91 Å². The van der Waals surface area contributed by atoms with Crippen molar-refractivity contribution in [3.63, 3.8) is 0 Å². The highest BCUT2D eigenvalue weighted by Gasteiger charge is 2.17. The molecule has 1 amide bonds. The summed E-state index contributed by atoms with van der Waals surface area (Å²) < 4.78 is 5.31. The van der Waals surface area contributed by atoms with E-state index < -0.39 is 5.91 Å². The first-order valence-corrected chi connectivity index (χ1v) is 5.89. The molecular weight excluding hydrogens is 230 g/mol. The summed E-state index contributed by atoms with van der Waals surface area (Å²) in [5.74, 6) is -0.257. The maximum absolute atomic E-state index is 12.1. The van der Waals surface area contributed by atoms with Gasteiger partial charge in [0.15, 0.2) is 12.4 Å². The van der Waals surface area contributed by atoms with Crippen molar-refractivity contribution in [2.45, 2.75) is 27.7 Å². The maximum atomic E-state index is 12.1. The van der Waals surface area contributed by atoms with Crippen molar-refractivity contribution in [2.24, 2.45) is 11.7 Å². The number of rotatable bonds is 5. The van der Waals surface area contributed by atoms with Crippen molar-refractivity contribution < 1.29 is 14.3 Å². The lowest BCUT2D eigenvalue weighted by Gasteiger charge is -2.14. The van der Waals surface area contributed by atoms with Crippen LogP contribution in [0.4, 0.5) is 0 Å². The minimum Gasteiger partial charge on any atom is -0.483 e. The molecule has 4 nitrogen and oxygen atoms in total. The summed E-state index contributed by atoms with van der Waals surface area (Å²) in [4.78, 5) is 22.8. The summed E-state index contributed by atoms with van der Waals surface area (Å²) in [5, 5.41) is 0. The van der Waals surface area contributed by atoms with Crippen LogP contribution in [0.1, 0.15) is 35.3 Å². The molecule has 0 spiro atoms. The fourth-order valence-corrected chi connectivity index (χ4v) is 1.56. The predicted molar refractivity (Wildman–Crippen MR) is 69.8 cm³/mol. The monoisotopic (exact) mass is 249 g/mol. The van der Waals surface area contributed by atoms with Crippen LogP contribution in [0.2, 0.25) is 0 Å². The van der Waals surface area contributed by atoms with E-state index in [4.69, 9.17) is 10.5 Å². The van der Waals surface area contributed by atoms with E-state index in [0.717, 1.165) is 11.1 Å². The summed E-state index contributed by atoms with van der Waals surface area (Å²) in [5.41, 5.74) is 7.58. The highest BCUT2D eigenvalue weighted by atomic mass is 16.5. The highest BCUT2D eigenvalue weighted by Crippen LogP contribution is 2.25. The first-order valence-electron chi connectivity index (χ1n) is 5.89. The number of hydrogen-bond donors (Lipinski definition) is 1. The zero-order valence-electron chi connectivity index (χ0n) is 11.2. The number of Topliss-reactive ketones (excluding diaryl/α,β-unsaturated/α-hetero) is 1. The summed E-state index contributed by atoms with van der Waals surface area (Å²) >= 11 is 0. The van der Waals surface area contributed by atoms with E-state index >= 15 is 0 Å². The summed E-state index contributed by atoms with van der Waals surface area (Å²) in [7, 11) is 0. The van der Waals surface area contributed by atoms with Gasteiger partial charge in [0.1, 0.15) is 5.75 Å². The Morgan fingerprint density at radius 3 is 2.28 bits per heavy atom. The van der Waals surface area contributed by atoms with Crippen LogP contribution >= 0.6 is 0 Å². The van der Waals surface area contributed by atoms with Gasteiger partial charge in [-0.1, -0.05) is 13.8 Å². The molecule has 0 unspecified atom stereocenters. The second-order valence-electron chi connectivity index (χ2n) is 4.71. The standard InChI is InChI=1S/C14H19NO3/c1-8(2)14(17)11-5-9(3)10(4)6-12(11)18-7-13(15)16/h5-6,8H,7H2,1-4H3,(H2,15,16). The molecule has 0 heterocycles. The van der Waals surface area contributed by atoms with Crippen LogP contribution in [0.3, 0.4) is 0 Å². The number of amides is 1. The van der Waals surface area contributed by atoms with E-state index in [-0.39, 0.29) is 18.3 Å². The quantitative estimate of drug-likeness (QED) is 0.811. The van der Waals surface area contributed by atoms with Gasteiger partial charge in [0, 0.05) is 5.92 Å². The second-order valence-corrected chi connectivity index (χ2v) is 4.71. The molecule has 0 atom stereocenters. The van der Waals surface area contributed by atoms with Gasteiger partial charge in [-0.25, -0.2) is 0 Å². The van der Waals surface area contributed by atoms with Gasteiger partial charge in [0.05, 0.1) is 5.56 Å². The average molecular weight is 249 g/mol. The lowest BCUT2D eigenvalue weighted by atomic mass is 9.96. The van der Waals surface area contributed by atoms with Crippen LogP contribution in [0.5, 0.6) is 5.75 Å². The van der Waals surface area contributed by atoms with Gasteiger partial charge in [0.2, 0.25) is 0 Å². The van der Waals surface area contributed by atoms with E-state index in [0.29, 0.717) is 11.3 Å². The number of aryl methyl sites for hydroxylation is 2. The van der Waals surface area contributed by atoms with Crippen molar-refractivity contribution in [1.29, 1.82) is 0 Å². The van der Waals surface area contributed by atoms with Gasteiger partial charge in [-0.2, -0.15) is 0 Å². The number of ether oxygens (including phenoxy) is 1. The minimum atomic E-state index is -0.559. The topological polar surface area (TPSA) is 69.4 Å². The molecule has 0 fully saturated rings. The van der Waals surface area contributed by atoms with Crippen LogP contribution in [-0.2, 0) is 4.79 Å². The molecule has 0 aliphatic rings. The predicted octanol–water partition coefficient (Wildman–Crippen LogP) is 2.01. The van der Waals surface area contributed by atoms with Gasteiger partial charge in [-0.15, -0.1) is 0 Å². The van der Waals surface area contributed by atoms with Crippen molar-refractivity contribution in [3.05, 3.63) is 28.8 Å². The Morgan fingerprint density at radius 1 is 1.22 bits per heavy atom. The fourth-order valence-electron chi connectivity index (χ4n) is 1.56. The number of benzene rings is 1. The number of primary amides is 1. The molecule has 98 valence electrons. The smallest absolute Gasteiger partial charge is 0.255 e. The molecule has 1 aromatic rings. The average Bonchev–Trinajstić information content (AvgIpc) is 2.28. The number of hydrogen-bond acceptors (Lipinski definition) is 3. The lowest BCUT2D eigenvalue weighted by molar-refractivity contribution is -0.119. The molecule has 18 heavy (non-hydrogen) atoms. The number of nitrogens with two attached hydrogens (primary N) is 1. The largest absolute Gasteiger partial charge is 0.483 e. The Labute approximate surface area is 107 Å². The van der Waals surface area contributed by atoms with E-state index in [1.54, 1.807) is 12.1 Å². The second kappa shape index (κ2) is 5.67. The molecule has 4 heteroatoms. The normalized spacial score (nSPS) is 10.5. The van der Waals surface area contributed by atoms with Crippen LogP contribution in [0, 0.1) is 19.8 Å². The zero-order valence-corrected chi connectivity index (χ0v) is 11.2. The van der Waals surface area contributed by atoms with E-state index in [9.17, 15) is 9.59 Å². The molecule has 2 N–H and O–H groups in total. The highest BCUT2D eigenvalue weighted by molar-refractivity contribution is 6.00. The van der Waals surface area contributed by atoms with Crippen LogP contribution in [0.25, 0.3) is 0 Å². The van der Waals surface area contributed by atoms with Crippen molar-refractivity contribution in [3.8, 4) is 5.75 Å². The molecule has 0 saturated heterocycles. The summed E-state index contributed by atoms with van der Waals surface area (Å²) in [6.07, 6.45) is 0. The van der Waals surface area contributed by atoms with Crippen LogP contribution < -0.4 is 10.5 Å². The first-order chi connectivity index (χ1) is 8.32. The lowest BCUT2D eigenvalue weighted by Crippen LogP contribution is -2.21.